The van der Waals surface area contributed by atoms with Gasteiger partial charge in [0, 0.05) is 52.0 Å². The van der Waals surface area contributed by atoms with Gasteiger partial charge >= 0.3 is 0 Å². The fourth-order valence-corrected chi connectivity index (χ4v) is 3.22. The molecule has 1 fully saturated rings. The average molecular weight is 284 g/mol. The minimum atomic E-state index is 0.0602. The Morgan fingerprint density at radius 2 is 2.10 bits per heavy atom. The molecule has 21 heavy (non-hydrogen) atoms. The van der Waals surface area contributed by atoms with Gasteiger partial charge in [-0.1, -0.05) is 30.3 Å². The first kappa shape index (κ1) is 14.3. The highest BCUT2D eigenvalue weighted by molar-refractivity contribution is 5.25. The number of benzene rings is 1. The summed E-state index contributed by atoms with van der Waals surface area (Å²) in [5.41, 5.74) is 1.45. The number of nitrogens with one attached hydrogen (secondary N) is 1. The van der Waals surface area contributed by atoms with Gasteiger partial charge in [-0.2, -0.15) is 0 Å². The van der Waals surface area contributed by atoms with Gasteiger partial charge in [0.05, 0.1) is 5.54 Å². The quantitative estimate of drug-likeness (QED) is 0.929. The number of nitrogens with zero attached hydrogens (tertiary/aromatic N) is 3. The van der Waals surface area contributed by atoms with Crippen molar-refractivity contribution < 1.29 is 0 Å². The molecule has 1 unspecified atom stereocenters. The van der Waals surface area contributed by atoms with Gasteiger partial charge in [0.25, 0.3) is 0 Å². The zero-order valence-corrected chi connectivity index (χ0v) is 12.9. The van der Waals surface area contributed by atoms with E-state index in [1.165, 1.54) is 5.56 Å². The number of imidazole rings is 1. The predicted octanol–water partition coefficient (Wildman–Crippen LogP) is 1.78. The van der Waals surface area contributed by atoms with Gasteiger partial charge in [0.2, 0.25) is 0 Å². The summed E-state index contributed by atoms with van der Waals surface area (Å²) >= 11 is 0. The summed E-state index contributed by atoms with van der Waals surface area (Å²) < 4.78 is 2.11. The predicted molar refractivity (Wildman–Crippen MR) is 85.1 cm³/mol. The average Bonchev–Trinajstić information content (AvgIpc) is 2.93. The second-order valence-corrected chi connectivity index (χ2v) is 6.01. The highest BCUT2D eigenvalue weighted by Gasteiger charge is 2.35. The van der Waals surface area contributed by atoms with E-state index in [0.29, 0.717) is 0 Å². The number of rotatable bonds is 4. The first-order valence-electron chi connectivity index (χ1n) is 7.68. The molecule has 1 aliphatic rings. The van der Waals surface area contributed by atoms with E-state index >= 15 is 0 Å². The molecule has 3 rings (SSSR count). The molecule has 1 aromatic carbocycles. The lowest BCUT2D eigenvalue weighted by atomic mass is 9.88. The van der Waals surface area contributed by atoms with E-state index in [0.717, 1.165) is 38.4 Å². The Hall–Kier alpha value is -1.65. The van der Waals surface area contributed by atoms with E-state index in [9.17, 15) is 0 Å². The molecule has 1 N–H and O–H groups in total. The molecule has 2 aromatic rings. The maximum Gasteiger partial charge on any atom is 0.109 e. The lowest BCUT2D eigenvalue weighted by molar-refractivity contribution is 0.0736. The van der Waals surface area contributed by atoms with Gasteiger partial charge in [-0.25, -0.2) is 4.98 Å². The molecule has 0 radical (unpaired) electrons. The first-order chi connectivity index (χ1) is 10.2. The van der Waals surface area contributed by atoms with Crippen molar-refractivity contribution >= 4 is 0 Å². The maximum absolute atomic E-state index is 4.44. The van der Waals surface area contributed by atoms with Crippen LogP contribution in [0.1, 0.15) is 18.3 Å². The van der Waals surface area contributed by atoms with Crippen molar-refractivity contribution in [3.05, 3.63) is 54.1 Å². The Balaban J connectivity index is 1.77. The van der Waals surface area contributed by atoms with Crippen LogP contribution in [0.3, 0.4) is 0 Å². The second-order valence-electron chi connectivity index (χ2n) is 6.01. The summed E-state index contributed by atoms with van der Waals surface area (Å²) in [5.74, 6) is 1.16. The van der Waals surface area contributed by atoms with Crippen molar-refractivity contribution in [2.45, 2.75) is 18.9 Å². The Kier molecular flexibility index (Phi) is 4.08. The highest BCUT2D eigenvalue weighted by atomic mass is 15.3. The van der Waals surface area contributed by atoms with Crippen LogP contribution in [-0.4, -0.2) is 40.6 Å². The fraction of sp³-hybridized carbons (Fsp3) is 0.471. The monoisotopic (exact) mass is 284 g/mol. The van der Waals surface area contributed by atoms with E-state index in [1.807, 2.05) is 12.4 Å². The molecule has 0 saturated carbocycles. The summed E-state index contributed by atoms with van der Waals surface area (Å²) in [7, 11) is 2.07. The smallest absolute Gasteiger partial charge is 0.109 e. The van der Waals surface area contributed by atoms with Crippen LogP contribution >= 0.6 is 0 Å². The van der Waals surface area contributed by atoms with Gasteiger partial charge in [-0.05, 0) is 12.5 Å². The molecule has 112 valence electrons. The summed E-state index contributed by atoms with van der Waals surface area (Å²) in [4.78, 5) is 7.03. The number of aromatic nitrogens is 2. The van der Waals surface area contributed by atoms with Crippen LogP contribution in [0.5, 0.6) is 0 Å². The molecule has 0 bridgehead atoms. The standard InChI is InChI=1S/C17H24N4/c1-17(15-6-4-3-5-7-15)14-18-9-13-21(17)11-8-16-19-10-12-20(16)2/h3-7,10,12,18H,8-9,11,13-14H2,1-2H3. The van der Waals surface area contributed by atoms with Crippen LogP contribution in [0.2, 0.25) is 0 Å². The van der Waals surface area contributed by atoms with Gasteiger partial charge in [0.1, 0.15) is 5.82 Å². The van der Waals surface area contributed by atoms with Crippen LogP contribution in [0.15, 0.2) is 42.7 Å². The zero-order chi connectivity index (χ0) is 14.7. The Bertz CT molecular complexity index is 577. The van der Waals surface area contributed by atoms with E-state index < -0.39 is 0 Å². The fourth-order valence-electron chi connectivity index (χ4n) is 3.22. The summed E-state index contributed by atoms with van der Waals surface area (Å²) in [6, 6.07) is 10.8. The largest absolute Gasteiger partial charge is 0.338 e. The van der Waals surface area contributed by atoms with Crippen molar-refractivity contribution in [1.82, 2.24) is 19.8 Å². The Morgan fingerprint density at radius 1 is 1.29 bits per heavy atom. The topological polar surface area (TPSA) is 33.1 Å². The molecule has 0 spiro atoms. The lowest BCUT2D eigenvalue weighted by Crippen LogP contribution is -2.57. The van der Waals surface area contributed by atoms with Gasteiger partial charge < -0.3 is 9.88 Å². The molecule has 0 aliphatic carbocycles. The van der Waals surface area contributed by atoms with Crippen LogP contribution in [0.4, 0.5) is 0 Å². The molecule has 0 amide bonds. The molecular weight excluding hydrogens is 260 g/mol. The number of hydrogen-bond donors (Lipinski definition) is 1. The molecule has 1 aliphatic heterocycles. The third kappa shape index (κ3) is 2.87. The van der Waals surface area contributed by atoms with Crippen LogP contribution in [-0.2, 0) is 19.0 Å². The maximum atomic E-state index is 4.44. The minimum Gasteiger partial charge on any atom is -0.338 e. The van der Waals surface area contributed by atoms with Gasteiger partial charge in [-0.15, -0.1) is 0 Å². The summed E-state index contributed by atoms with van der Waals surface area (Å²) in [6.45, 7) is 6.52. The Labute approximate surface area is 126 Å². The highest BCUT2D eigenvalue weighted by Crippen LogP contribution is 2.29. The van der Waals surface area contributed by atoms with Crippen LogP contribution in [0, 0.1) is 0 Å². The van der Waals surface area contributed by atoms with E-state index in [1.54, 1.807) is 0 Å². The third-order valence-corrected chi connectivity index (χ3v) is 4.65. The SMILES string of the molecule is Cn1ccnc1CCN1CCNCC1(C)c1ccccc1. The first-order valence-corrected chi connectivity index (χ1v) is 7.68. The van der Waals surface area contributed by atoms with Gasteiger partial charge in [0.15, 0.2) is 0 Å². The normalized spacial score (nSPS) is 23.3. The molecular formula is C17H24N4. The lowest BCUT2D eigenvalue weighted by Gasteiger charge is -2.45. The van der Waals surface area contributed by atoms with E-state index in [4.69, 9.17) is 0 Å². The number of hydrogen-bond acceptors (Lipinski definition) is 3. The zero-order valence-electron chi connectivity index (χ0n) is 12.9. The van der Waals surface area contributed by atoms with Crippen molar-refractivity contribution in [2.24, 2.45) is 7.05 Å². The second kappa shape index (κ2) is 6.00. The molecule has 1 aromatic heterocycles. The molecule has 4 heteroatoms. The molecule has 4 nitrogen and oxygen atoms in total. The molecule has 1 saturated heterocycles. The van der Waals surface area contributed by atoms with E-state index in [-0.39, 0.29) is 5.54 Å². The molecule has 1 atom stereocenters. The summed E-state index contributed by atoms with van der Waals surface area (Å²) in [5, 5.41) is 3.55. The van der Waals surface area contributed by atoms with Crippen molar-refractivity contribution in [3.8, 4) is 0 Å². The summed E-state index contributed by atoms with van der Waals surface area (Å²) in [6.07, 6.45) is 4.89. The van der Waals surface area contributed by atoms with Crippen LogP contribution < -0.4 is 5.32 Å². The van der Waals surface area contributed by atoms with Crippen molar-refractivity contribution in [3.63, 3.8) is 0 Å². The van der Waals surface area contributed by atoms with Crippen molar-refractivity contribution in [2.75, 3.05) is 26.2 Å². The number of aryl methyl sites for hydroxylation is 1. The van der Waals surface area contributed by atoms with Crippen LogP contribution in [0.25, 0.3) is 0 Å². The Morgan fingerprint density at radius 3 is 2.81 bits per heavy atom. The van der Waals surface area contributed by atoms with Gasteiger partial charge in [-0.3, -0.25) is 4.90 Å². The van der Waals surface area contributed by atoms with E-state index in [2.05, 4.69) is 64.1 Å². The number of piperazine rings is 1. The third-order valence-electron chi connectivity index (χ3n) is 4.65. The minimum absolute atomic E-state index is 0.0602. The molecule has 2 heterocycles. The van der Waals surface area contributed by atoms with Crippen molar-refractivity contribution in [1.29, 1.82) is 0 Å².